The molecule has 0 saturated heterocycles. The Hall–Kier alpha value is -5.73. The van der Waals surface area contributed by atoms with Crippen molar-refractivity contribution in [1.29, 1.82) is 0 Å². The minimum atomic E-state index is 0. The molecule has 0 unspecified atom stereocenters. The molecule has 0 atom stereocenters. The maximum atomic E-state index is 8.06. The fourth-order valence-corrected chi connectivity index (χ4v) is 7.09. The van der Waals surface area contributed by atoms with Crippen molar-refractivity contribution in [3.63, 3.8) is 0 Å². The van der Waals surface area contributed by atoms with Gasteiger partial charge in [-0.25, -0.2) is 14.5 Å². The average molecular weight is 721 g/mol. The number of fused-ring (bicyclic) bond motifs is 3. The topological polar surface area (TPSA) is 64.3 Å². The van der Waals surface area contributed by atoms with E-state index < -0.39 is 0 Å². The molecular weight excluding hydrogens is 690 g/mol. The maximum Gasteiger partial charge on any atom is 0.191 e. The van der Waals surface area contributed by atoms with Gasteiger partial charge >= 0.3 is 0 Å². The molecule has 6 aromatic carbocycles. The van der Waals surface area contributed by atoms with Crippen molar-refractivity contribution in [2.75, 3.05) is 0 Å². The summed E-state index contributed by atoms with van der Waals surface area (Å²) < 4.78 is 0. The Balaban J connectivity index is 0.000000882. The molecule has 1 saturated carbocycles. The van der Waals surface area contributed by atoms with Crippen LogP contribution in [0, 0.1) is 19.7 Å². The van der Waals surface area contributed by atoms with E-state index in [-0.39, 0.29) is 38.8 Å². The van der Waals surface area contributed by atoms with Gasteiger partial charge in [0.1, 0.15) is 0 Å². The van der Waals surface area contributed by atoms with E-state index in [1.807, 2.05) is 54.6 Å². The van der Waals surface area contributed by atoms with Gasteiger partial charge in [-0.2, -0.15) is 0 Å². The van der Waals surface area contributed by atoms with Crippen LogP contribution in [0.15, 0.2) is 109 Å². The summed E-state index contributed by atoms with van der Waals surface area (Å²) in [5.41, 5.74) is 5.33. The third-order valence-electron chi connectivity index (χ3n) is 9.07. The molecule has 0 aromatic heterocycles. The predicted octanol–water partition coefficient (Wildman–Crippen LogP) is 10.8. The Kier molecular flexibility index (Phi) is 13.8. The van der Waals surface area contributed by atoms with Crippen molar-refractivity contribution in [2.45, 2.75) is 37.0 Å². The Morgan fingerprint density at radius 1 is 0.408 bits per heavy atom. The van der Waals surface area contributed by atoms with Gasteiger partial charge in [-0.15, -0.1) is 0 Å². The molecule has 0 aliphatic heterocycles. The van der Waals surface area contributed by atoms with Gasteiger partial charge in [0.05, 0.1) is 19.7 Å². The summed E-state index contributed by atoms with van der Waals surface area (Å²) in [6.45, 7) is 33.9. The van der Waals surface area contributed by atoms with E-state index in [0.29, 0.717) is 17.1 Å². The van der Waals surface area contributed by atoms with Gasteiger partial charge < -0.3 is 14.4 Å². The van der Waals surface area contributed by atoms with Crippen LogP contribution in [-0.2, 0) is 35.4 Å². The first kappa shape index (κ1) is 37.7. The van der Waals surface area contributed by atoms with Gasteiger partial charge in [-0.1, -0.05) is 91.0 Å². The second-order valence-corrected chi connectivity index (χ2v) is 11.4. The Morgan fingerprint density at radius 3 is 0.816 bits per heavy atom. The Bertz CT molecular complexity index is 1960. The van der Waals surface area contributed by atoms with Crippen LogP contribution in [0.25, 0.3) is 46.9 Å². The quantitative estimate of drug-likeness (QED) is 0.104. The van der Waals surface area contributed by atoms with Crippen molar-refractivity contribution in [3.05, 3.63) is 160 Å². The number of rotatable bonds is 3. The smallest absolute Gasteiger partial charge is 0.191 e. The SMILES string of the molecule is [C-]#[N+]c1cc2ccccc2cc1C1CC(c2cc3ccccc3cc2[N+]#[C-])CC(c2cc3ccccc3cc2[N+]#[C-])C1.[CH-]=O.[CH-]=O.[CH-]=O.[Mo]. The zero-order chi connectivity index (χ0) is 34.6. The van der Waals surface area contributed by atoms with Gasteiger partial charge in [0, 0.05) is 21.1 Å². The van der Waals surface area contributed by atoms with E-state index in [2.05, 4.69) is 89.5 Å². The summed E-state index contributed by atoms with van der Waals surface area (Å²) >= 11 is 0. The van der Waals surface area contributed by atoms with Crippen LogP contribution in [0.2, 0.25) is 0 Å². The zero-order valence-corrected chi connectivity index (χ0v) is 28.5. The second-order valence-electron chi connectivity index (χ2n) is 11.4. The summed E-state index contributed by atoms with van der Waals surface area (Å²) in [4.78, 5) is 35.2. The molecule has 0 radical (unpaired) electrons. The molecule has 0 N–H and O–H groups in total. The van der Waals surface area contributed by atoms with Crippen molar-refractivity contribution >= 4 is 69.7 Å². The van der Waals surface area contributed by atoms with Gasteiger partial charge in [-0.05, 0) is 104 Å². The zero-order valence-electron chi connectivity index (χ0n) is 26.5. The van der Waals surface area contributed by atoms with E-state index in [1.165, 1.54) is 0 Å². The molecule has 7 heteroatoms. The Morgan fingerprint density at radius 2 is 0.612 bits per heavy atom. The largest absolute Gasteiger partial charge is 0.545 e. The first-order valence-corrected chi connectivity index (χ1v) is 15.1. The fraction of sp³-hybridized carbons (Fsp3) is 0.143. The number of carbonyl (C=O) groups excluding carboxylic acids is 3. The average Bonchev–Trinajstić information content (AvgIpc) is 3.18. The predicted molar refractivity (Wildman–Crippen MR) is 193 cm³/mol. The van der Waals surface area contributed by atoms with Crippen molar-refractivity contribution in [2.24, 2.45) is 0 Å². The molecule has 6 nitrogen and oxygen atoms in total. The fourth-order valence-electron chi connectivity index (χ4n) is 7.09. The van der Waals surface area contributed by atoms with Gasteiger partial charge in [0.25, 0.3) is 0 Å². The number of nitrogens with zero attached hydrogens (tertiary/aromatic N) is 3. The van der Waals surface area contributed by atoms with Crippen LogP contribution in [0.5, 0.6) is 0 Å². The van der Waals surface area contributed by atoms with Crippen LogP contribution in [0.3, 0.4) is 0 Å². The molecule has 0 spiro atoms. The third-order valence-corrected chi connectivity index (χ3v) is 9.07. The van der Waals surface area contributed by atoms with E-state index in [0.717, 1.165) is 68.3 Å². The first-order valence-electron chi connectivity index (χ1n) is 15.1. The summed E-state index contributed by atoms with van der Waals surface area (Å²) in [6, 6.07) is 37.4. The second kappa shape index (κ2) is 18.0. The number of benzene rings is 6. The molecule has 7 rings (SSSR count). The molecule has 1 aliphatic carbocycles. The van der Waals surface area contributed by atoms with Gasteiger partial charge in [0.2, 0.25) is 0 Å². The van der Waals surface area contributed by atoms with Crippen molar-refractivity contribution in [1.82, 2.24) is 0 Å². The van der Waals surface area contributed by atoms with Crippen LogP contribution in [0.4, 0.5) is 17.1 Å². The molecule has 0 heterocycles. The minimum absolute atomic E-state index is 0. The van der Waals surface area contributed by atoms with Crippen LogP contribution < -0.4 is 0 Å². The van der Waals surface area contributed by atoms with E-state index in [4.69, 9.17) is 34.1 Å². The van der Waals surface area contributed by atoms with E-state index >= 15 is 0 Å². The summed E-state index contributed by atoms with van der Waals surface area (Å²) in [5.74, 6) is 0.368. The van der Waals surface area contributed by atoms with Crippen LogP contribution in [0.1, 0.15) is 53.7 Å². The Labute approximate surface area is 301 Å². The molecule has 0 bridgehead atoms. The normalized spacial score (nSPS) is 16.0. The van der Waals surface area contributed by atoms with E-state index in [9.17, 15) is 0 Å². The molecule has 0 amide bonds. The summed E-state index contributed by atoms with van der Waals surface area (Å²) in [7, 11) is 0. The van der Waals surface area contributed by atoms with Crippen molar-refractivity contribution in [3.8, 4) is 0 Å². The summed E-state index contributed by atoms with van der Waals surface area (Å²) in [6.07, 6.45) is 2.58. The first-order chi connectivity index (χ1) is 23.6. The number of hydrogen-bond acceptors (Lipinski definition) is 3. The van der Waals surface area contributed by atoms with Crippen LogP contribution in [-0.4, -0.2) is 20.4 Å². The summed E-state index contributed by atoms with van der Waals surface area (Å²) in [5, 5.41) is 6.64. The molecular formula is C42H30MoN3O3-3. The monoisotopic (exact) mass is 722 g/mol. The molecule has 1 aliphatic rings. The molecule has 240 valence electrons. The van der Waals surface area contributed by atoms with Crippen molar-refractivity contribution < 1.29 is 35.4 Å². The molecule has 6 aromatic rings. The molecule has 49 heavy (non-hydrogen) atoms. The molecule has 1 fully saturated rings. The van der Waals surface area contributed by atoms with Crippen LogP contribution >= 0.6 is 0 Å². The third kappa shape index (κ3) is 7.88. The maximum absolute atomic E-state index is 8.06. The van der Waals surface area contributed by atoms with E-state index in [1.54, 1.807) is 0 Å². The van der Waals surface area contributed by atoms with Gasteiger partial charge in [0.15, 0.2) is 17.1 Å². The minimum Gasteiger partial charge on any atom is -0.545 e. The van der Waals surface area contributed by atoms with Gasteiger partial charge in [-0.3, -0.25) is 20.4 Å². The number of hydrogen-bond donors (Lipinski definition) is 0. The standard InChI is InChI=1S/C39H27N3.3CHO.Mo/c1-40-37-22-28-13-7-4-10-25(28)19-34(37)31-16-32(35-20-26-11-5-8-14-29(26)23-38(35)41-2)18-33(17-31)36-21-27-12-6-9-15-30(27)24-39(36)42-3;3*1-2;/h4-15,19-24,31-33H,16-18H2;3*1H;/q;3*-1;.